The number of rotatable bonds is 9. The maximum Gasteiger partial charge on any atom is 0.343 e. The predicted octanol–water partition coefficient (Wildman–Crippen LogP) is 6.41. The third-order valence-corrected chi connectivity index (χ3v) is 6.70. The zero-order valence-electron chi connectivity index (χ0n) is 20.3. The van der Waals surface area contributed by atoms with Gasteiger partial charge in [-0.25, -0.2) is 4.79 Å². The van der Waals surface area contributed by atoms with Gasteiger partial charge in [-0.15, -0.1) is 11.8 Å². The maximum absolute atomic E-state index is 12.7. The second-order valence-corrected chi connectivity index (χ2v) is 9.25. The maximum atomic E-state index is 12.7. The Balaban J connectivity index is 1.51. The number of ether oxygens (including phenoxy) is 3. The van der Waals surface area contributed by atoms with Crippen LogP contribution in [0.25, 0.3) is 0 Å². The summed E-state index contributed by atoms with van der Waals surface area (Å²) < 4.78 is 17.0. The number of nitrogens with zero attached hydrogens (tertiary/aromatic N) is 1. The molecule has 3 aromatic carbocycles. The highest BCUT2D eigenvalue weighted by Crippen LogP contribution is 2.43. The van der Waals surface area contributed by atoms with Crippen molar-refractivity contribution in [1.29, 1.82) is 5.26 Å². The normalized spacial score (nSPS) is 14.4. The van der Waals surface area contributed by atoms with E-state index in [9.17, 15) is 10.1 Å². The van der Waals surface area contributed by atoms with Crippen LogP contribution in [-0.4, -0.2) is 18.8 Å². The van der Waals surface area contributed by atoms with E-state index in [0.29, 0.717) is 29.2 Å². The fraction of sp³-hybridized carbons (Fsp3) is 0.241. The summed E-state index contributed by atoms with van der Waals surface area (Å²) in [5.41, 5.74) is 8.57. The summed E-state index contributed by atoms with van der Waals surface area (Å²) in [4.78, 5) is 13.8. The zero-order valence-corrected chi connectivity index (χ0v) is 21.1. The number of thioether (sulfide) groups is 1. The minimum Gasteiger partial charge on any atom is -0.494 e. The Morgan fingerprint density at radius 2 is 1.78 bits per heavy atom. The highest BCUT2D eigenvalue weighted by Gasteiger charge is 2.31. The molecule has 36 heavy (non-hydrogen) atoms. The van der Waals surface area contributed by atoms with E-state index < -0.39 is 5.97 Å². The van der Waals surface area contributed by atoms with Crippen LogP contribution < -0.4 is 19.9 Å². The molecule has 0 bridgehead atoms. The lowest BCUT2D eigenvalue weighted by Gasteiger charge is -2.26. The van der Waals surface area contributed by atoms with Crippen LogP contribution in [0.4, 0.5) is 0 Å². The van der Waals surface area contributed by atoms with Gasteiger partial charge in [0, 0.05) is 16.5 Å². The number of allylic oxidation sites excluding steroid dienone is 1. The second-order valence-electron chi connectivity index (χ2n) is 8.37. The molecule has 2 N–H and O–H groups in total. The first kappa shape index (κ1) is 25.2. The summed E-state index contributed by atoms with van der Waals surface area (Å²) in [6.07, 6.45) is 5.27. The Morgan fingerprint density at radius 3 is 2.44 bits per heavy atom. The molecule has 184 valence electrons. The van der Waals surface area contributed by atoms with Crippen molar-refractivity contribution in [3.8, 4) is 23.3 Å². The first-order chi connectivity index (χ1) is 17.5. The molecular formula is C29H28N2O4S. The Bertz CT molecular complexity index is 1290. The molecule has 0 aromatic heterocycles. The summed E-state index contributed by atoms with van der Waals surface area (Å²) in [5, 5.41) is 9.76. The molecule has 0 saturated carbocycles. The van der Waals surface area contributed by atoms with Crippen molar-refractivity contribution in [2.75, 3.05) is 12.9 Å². The first-order valence-electron chi connectivity index (χ1n) is 11.8. The minimum atomic E-state index is -0.492. The number of esters is 1. The molecule has 1 atom stereocenters. The van der Waals surface area contributed by atoms with Crippen LogP contribution in [-0.2, 0) is 0 Å². The van der Waals surface area contributed by atoms with E-state index in [1.807, 2.05) is 36.6 Å². The molecule has 1 aliphatic rings. The second kappa shape index (κ2) is 11.7. The average Bonchev–Trinajstić information content (AvgIpc) is 2.90. The quantitative estimate of drug-likeness (QED) is 0.157. The van der Waals surface area contributed by atoms with E-state index in [1.54, 1.807) is 48.2 Å². The van der Waals surface area contributed by atoms with Gasteiger partial charge in [0.2, 0.25) is 5.88 Å². The number of nitriles is 1. The fourth-order valence-electron chi connectivity index (χ4n) is 4.03. The molecule has 0 amide bonds. The van der Waals surface area contributed by atoms with Crippen LogP contribution >= 0.6 is 11.8 Å². The molecule has 3 aromatic rings. The molecule has 0 spiro atoms. The van der Waals surface area contributed by atoms with E-state index in [0.717, 1.165) is 41.0 Å². The number of carbonyl (C=O) groups excluding carboxylic acids is 1. The summed E-state index contributed by atoms with van der Waals surface area (Å²) in [5.74, 6) is 0.673. The average molecular weight is 501 g/mol. The number of unbranched alkanes of at least 4 members (excludes halogenated alkanes) is 2. The lowest BCUT2D eigenvalue weighted by molar-refractivity contribution is 0.0734. The highest BCUT2D eigenvalue weighted by atomic mass is 32.2. The third-order valence-electron chi connectivity index (χ3n) is 5.96. The SMILES string of the molecule is CCCCCOc1ccc(C(=O)Oc2ccc3c(c2)OC(N)=C(C#N)C3c2ccc(SC)cc2)cc1. The number of hydrogen-bond acceptors (Lipinski definition) is 7. The minimum absolute atomic E-state index is 0.0435. The van der Waals surface area contributed by atoms with Crippen molar-refractivity contribution in [1.82, 2.24) is 0 Å². The van der Waals surface area contributed by atoms with E-state index in [4.69, 9.17) is 19.9 Å². The summed E-state index contributed by atoms with van der Waals surface area (Å²) in [7, 11) is 0. The Hall–Kier alpha value is -3.89. The molecule has 4 rings (SSSR count). The fourth-order valence-corrected chi connectivity index (χ4v) is 4.44. The first-order valence-corrected chi connectivity index (χ1v) is 13.1. The molecule has 0 fully saturated rings. The van der Waals surface area contributed by atoms with Crippen molar-refractivity contribution in [2.24, 2.45) is 5.73 Å². The molecule has 0 saturated heterocycles. The summed E-state index contributed by atoms with van der Waals surface area (Å²) in [6, 6.07) is 22.2. The largest absolute Gasteiger partial charge is 0.494 e. The van der Waals surface area contributed by atoms with Crippen molar-refractivity contribution in [3.05, 3.63) is 94.9 Å². The van der Waals surface area contributed by atoms with Crippen LogP contribution in [0, 0.1) is 11.3 Å². The van der Waals surface area contributed by atoms with Gasteiger partial charge in [-0.1, -0.05) is 38.0 Å². The van der Waals surface area contributed by atoms with Crippen molar-refractivity contribution in [3.63, 3.8) is 0 Å². The van der Waals surface area contributed by atoms with Crippen molar-refractivity contribution in [2.45, 2.75) is 37.0 Å². The molecule has 0 radical (unpaired) electrons. The number of benzene rings is 3. The molecule has 1 heterocycles. The highest BCUT2D eigenvalue weighted by molar-refractivity contribution is 7.98. The van der Waals surface area contributed by atoms with Gasteiger partial charge in [-0.2, -0.15) is 5.26 Å². The van der Waals surface area contributed by atoms with Crippen molar-refractivity contribution >= 4 is 17.7 Å². The Kier molecular flexibility index (Phi) is 8.19. The van der Waals surface area contributed by atoms with Gasteiger partial charge >= 0.3 is 5.97 Å². The molecule has 7 heteroatoms. The van der Waals surface area contributed by atoms with Crippen LogP contribution in [0.5, 0.6) is 17.2 Å². The number of fused-ring (bicyclic) bond motifs is 1. The number of carbonyl (C=O) groups is 1. The topological polar surface area (TPSA) is 94.6 Å². The lowest BCUT2D eigenvalue weighted by atomic mass is 9.83. The standard InChI is InChI=1S/C29H28N2O4S/c1-3-4-5-16-33-21-10-6-20(7-11-21)29(32)34-22-12-15-24-26(17-22)35-28(31)25(18-30)27(24)19-8-13-23(36-2)14-9-19/h6-15,17,27H,3-5,16,31H2,1-2H3. The van der Waals surface area contributed by atoms with Crippen molar-refractivity contribution < 1.29 is 19.0 Å². The van der Waals surface area contributed by atoms with Crippen LogP contribution in [0.15, 0.2) is 83.1 Å². The predicted molar refractivity (Wildman–Crippen MR) is 140 cm³/mol. The van der Waals surface area contributed by atoms with E-state index >= 15 is 0 Å². The van der Waals surface area contributed by atoms with E-state index in [1.165, 1.54) is 0 Å². The van der Waals surface area contributed by atoms with Gasteiger partial charge < -0.3 is 19.9 Å². The molecule has 1 aliphatic heterocycles. The summed E-state index contributed by atoms with van der Waals surface area (Å²) >= 11 is 1.65. The molecule has 0 aliphatic carbocycles. The lowest BCUT2D eigenvalue weighted by Crippen LogP contribution is -2.21. The van der Waals surface area contributed by atoms with E-state index in [-0.39, 0.29) is 11.8 Å². The van der Waals surface area contributed by atoms with Gasteiger partial charge in [-0.05, 0) is 60.7 Å². The molecule has 6 nitrogen and oxygen atoms in total. The Labute approximate surface area is 215 Å². The summed E-state index contributed by atoms with van der Waals surface area (Å²) in [6.45, 7) is 2.80. The zero-order chi connectivity index (χ0) is 25.5. The molecular weight excluding hydrogens is 472 g/mol. The van der Waals surface area contributed by atoms with Crippen LogP contribution in [0.3, 0.4) is 0 Å². The smallest absolute Gasteiger partial charge is 0.343 e. The van der Waals surface area contributed by atoms with Gasteiger partial charge in [0.25, 0.3) is 0 Å². The van der Waals surface area contributed by atoms with Gasteiger partial charge in [0.1, 0.15) is 28.9 Å². The number of hydrogen-bond donors (Lipinski definition) is 1. The van der Waals surface area contributed by atoms with E-state index in [2.05, 4.69) is 13.0 Å². The Morgan fingerprint density at radius 1 is 1.06 bits per heavy atom. The number of nitrogens with two attached hydrogens (primary N) is 1. The van der Waals surface area contributed by atoms with Gasteiger partial charge in [-0.3, -0.25) is 0 Å². The van der Waals surface area contributed by atoms with Gasteiger partial charge in [0.15, 0.2) is 0 Å². The van der Waals surface area contributed by atoms with Crippen LogP contribution in [0.2, 0.25) is 0 Å². The molecule has 1 unspecified atom stereocenters. The van der Waals surface area contributed by atoms with Gasteiger partial charge in [0.05, 0.1) is 18.1 Å². The third kappa shape index (κ3) is 5.67. The van der Waals surface area contributed by atoms with Crippen LogP contribution in [0.1, 0.15) is 53.6 Å². The monoisotopic (exact) mass is 500 g/mol.